The number of oxime groups is 1. The summed E-state index contributed by atoms with van der Waals surface area (Å²) in [5.41, 5.74) is 11.3. The van der Waals surface area contributed by atoms with E-state index < -0.39 is 46.2 Å². The minimum atomic E-state index is -1.75. The number of aliphatic carboxylic acids is 1. The van der Waals surface area contributed by atoms with Crippen LogP contribution in [0.3, 0.4) is 0 Å². The van der Waals surface area contributed by atoms with Crippen LogP contribution in [0.25, 0.3) is 5.65 Å². The number of nitrogens with zero attached hydrogens (tertiary/aromatic N) is 6. The molecule has 0 saturated carbocycles. The van der Waals surface area contributed by atoms with Crippen LogP contribution in [0.15, 0.2) is 40.3 Å². The Bertz CT molecular complexity index is 1600. The van der Waals surface area contributed by atoms with Crippen molar-refractivity contribution in [3.63, 3.8) is 0 Å². The predicted octanol–water partition coefficient (Wildman–Crippen LogP) is -2.32. The van der Waals surface area contributed by atoms with Crippen LogP contribution in [-0.2, 0) is 25.8 Å². The molecule has 5 rings (SSSR count). The Hall–Kier alpha value is -4.71. The van der Waals surface area contributed by atoms with Gasteiger partial charge in [0.05, 0.1) is 41.4 Å². The van der Waals surface area contributed by atoms with Gasteiger partial charge in [0.15, 0.2) is 15.6 Å². The number of rotatable bonds is 7. The molecule has 38 heavy (non-hydrogen) atoms. The summed E-state index contributed by atoms with van der Waals surface area (Å²) in [7, 11) is 0. The predicted molar refractivity (Wildman–Crippen MR) is 128 cm³/mol. The minimum absolute atomic E-state index is 0.0366. The van der Waals surface area contributed by atoms with E-state index in [-0.39, 0.29) is 39.8 Å². The molecule has 2 aliphatic rings. The molecule has 0 bridgehead atoms. The summed E-state index contributed by atoms with van der Waals surface area (Å²) in [5.74, 6) is -4.66. The number of thioether (sulfide) groups is 1. The third-order valence-corrected chi connectivity index (χ3v) is 8.22. The van der Waals surface area contributed by atoms with Crippen molar-refractivity contribution in [1.82, 2.24) is 24.8 Å². The van der Waals surface area contributed by atoms with Gasteiger partial charge in [-0.05, 0) is 0 Å². The van der Waals surface area contributed by atoms with E-state index in [1.807, 2.05) is 0 Å². The van der Waals surface area contributed by atoms with Crippen molar-refractivity contribution in [2.24, 2.45) is 5.16 Å². The number of carbonyl (C=O) groups is 4. The van der Waals surface area contributed by atoms with Gasteiger partial charge in [-0.3, -0.25) is 14.5 Å². The number of carboxylic acid groups (broad SMARTS) is 2. The first-order chi connectivity index (χ1) is 18.1. The van der Waals surface area contributed by atoms with E-state index in [1.165, 1.54) is 28.4 Å². The number of fused-ring (bicyclic) bond motifs is 2. The van der Waals surface area contributed by atoms with Crippen LogP contribution in [0.2, 0.25) is 0 Å². The van der Waals surface area contributed by atoms with E-state index in [4.69, 9.17) is 16.7 Å². The molecule has 3 aromatic heterocycles. The van der Waals surface area contributed by atoms with Gasteiger partial charge in [0.25, 0.3) is 5.91 Å². The van der Waals surface area contributed by atoms with Gasteiger partial charge in [-0.15, -0.1) is 11.3 Å². The number of aromatic nitrogens is 4. The molecule has 0 aromatic carbocycles. The molecule has 2 amide bonds. The maximum atomic E-state index is 12.7. The van der Waals surface area contributed by atoms with Gasteiger partial charge in [-0.1, -0.05) is 26.5 Å². The number of thiazole rings is 1. The molecule has 5 heterocycles. The fourth-order valence-electron chi connectivity index (χ4n) is 4.40. The molecule has 0 radical (unpaired) electrons. The number of β-lactam (4-membered cyclic amide) rings is 1. The Morgan fingerprint density at radius 3 is 2.76 bits per heavy atom. The Morgan fingerprint density at radius 1 is 1.39 bits per heavy atom. The number of nitrogens with one attached hydrogen (secondary N) is 1. The maximum Gasteiger partial charge on any atom is 0.345 e. The molecule has 2 aliphatic heterocycles. The minimum Gasteiger partial charge on any atom is -0.543 e. The van der Waals surface area contributed by atoms with Gasteiger partial charge in [0.1, 0.15) is 19.0 Å². The normalized spacial score (nSPS) is 21.0. The number of aromatic carboxylic acids is 1. The van der Waals surface area contributed by atoms with Crippen LogP contribution in [0.1, 0.15) is 22.5 Å². The van der Waals surface area contributed by atoms with Gasteiger partial charge in [0, 0.05) is 11.0 Å². The average molecular weight is 560 g/mol. The second-order valence-electron chi connectivity index (χ2n) is 8.10. The highest BCUT2D eigenvalue weighted by molar-refractivity contribution is 8.01. The molecular formula is C20H17N9O7S2. The summed E-state index contributed by atoms with van der Waals surface area (Å²) in [4.78, 5) is 53.2. The van der Waals surface area contributed by atoms with Gasteiger partial charge in [-0.25, -0.2) is 14.3 Å². The topological polar surface area (TPSA) is 246 Å². The summed E-state index contributed by atoms with van der Waals surface area (Å²) in [6, 6.07) is 1.51. The molecule has 0 spiro atoms. The van der Waals surface area contributed by atoms with E-state index >= 15 is 0 Å². The largest absolute Gasteiger partial charge is 0.543 e. The van der Waals surface area contributed by atoms with Crippen molar-refractivity contribution >= 4 is 69.7 Å². The fourth-order valence-corrected chi connectivity index (χ4v) is 6.74. The standard InChI is InChI=1S/C20H17N9O7S2/c21-16-8(17(32)33)5-27(12-1-2-23-29(12)16)6-9-15(18(34)35)28-13(31)3-14(28)38-20(9,26-11(30)4-24-36)10-7-37-19(22)25-10/h1-2,4-5,7,14,21H,3,6H2,(H6,22,25,26,30,32,33,34,35,36)/t14-,20?/m0/s1. The van der Waals surface area contributed by atoms with Crippen LogP contribution in [0, 0.1) is 0 Å². The number of hydrogen-bond acceptors (Lipinski definition) is 13. The van der Waals surface area contributed by atoms with E-state index in [9.17, 15) is 29.4 Å². The number of nitrogen functional groups attached to an aromatic ring is 2. The lowest BCUT2D eigenvalue weighted by molar-refractivity contribution is -0.667. The molecule has 2 atom stereocenters. The van der Waals surface area contributed by atoms with Gasteiger partial charge in [0.2, 0.25) is 11.7 Å². The molecule has 16 nitrogen and oxygen atoms in total. The van der Waals surface area contributed by atoms with Crippen molar-refractivity contribution in [3.8, 4) is 0 Å². The van der Waals surface area contributed by atoms with E-state index in [0.717, 1.165) is 32.5 Å². The monoisotopic (exact) mass is 559 g/mol. The molecule has 3 aromatic rings. The first kappa shape index (κ1) is 25.0. The smallest absolute Gasteiger partial charge is 0.345 e. The van der Waals surface area contributed by atoms with Crippen molar-refractivity contribution in [2.45, 2.75) is 23.2 Å². The van der Waals surface area contributed by atoms with Gasteiger partial charge in [-0.2, -0.15) is 0 Å². The second kappa shape index (κ2) is 8.99. The summed E-state index contributed by atoms with van der Waals surface area (Å²) >= 11 is 2.04. The third-order valence-electron chi connectivity index (χ3n) is 5.99. The second-order valence-corrected chi connectivity index (χ2v) is 10.4. The number of anilines is 2. The summed E-state index contributed by atoms with van der Waals surface area (Å²) in [5, 5.41) is 41.5. The lowest BCUT2D eigenvalue weighted by atomic mass is 9.96. The first-order valence-corrected chi connectivity index (χ1v) is 12.4. The number of hydrogen-bond donors (Lipinski definition) is 5. The van der Waals surface area contributed by atoms with Crippen molar-refractivity contribution < 1.29 is 39.2 Å². The SMILES string of the molecule is Nc1nc(C2(NC(=O)C=NO)S[C@H]3CC(=O)N3C(C(=O)[O-])=C2C[n+]2cc(C(=O)O)c(N)n3nccc32)cs1. The molecule has 1 unspecified atom stereocenters. The van der Waals surface area contributed by atoms with Crippen molar-refractivity contribution in [2.75, 3.05) is 11.5 Å². The van der Waals surface area contributed by atoms with Gasteiger partial charge >= 0.3 is 11.6 Å². The van der Waals surface area contributed by atoms with E-state index in [1.54, 1.807) is 0 Å². The Labute approximate surface area is 219 Å². The third kappa shape index (κ3) is 3.77. The van der Waals surface area contributed by atoms with Crippen molar-refractivity contribution in [1.29, 1.82) is 0 Å². The molecule has 196 valence electrons. The number of nitrogens with two attached hydrogens (primary N) is 2. The van der Waals surface area contributed by atoms with Crippen LogP contribution in [0.5, 0.6) is 0 Å². The Morgan fingerprint density at radius 2 is 2.16 bits per heavy atom. The lowest BCUT2D eigenvalue weighted by Crippen LogP contribution is -2.63. The molecule has 1 saturated heterocycles. The summed E-state index contributed by atoms with van der Waals surface area (Å²) < 4.78 is 2.50. The van der Waals surface area contributed by atoms with E-state index in [2.05, 4.69) is 20.6 Å². The van der Waals surface area contributed by atoms with E-state index in [0.29, 0.717) is 6.21 Å². The van der Waals surface area contributed by atoms with Crippen LogP contribution in [-0.4, -0.2) is 65.2 Å². The van der Waals surface area contributed by atoms with Gasteiger partial charge < -0.3 is 37.0 Å². The first-order valence-electron chi connectivity index (χ1n) is 10.6. The highest BCUT2D eigenvalue weighted by atomic mass is 32.2. The number of amides is 2. The average Bonchev–Trinajstić information content (AvgIpc) is 3.51. The molecule has 7 N–H and O–H groups in total. The van der Waals surface area contributed by atoms with Crippen molar-refractivity contribution in [3.05, 3.63) is 46.4 Å². The Kier molecular flexibility index (Phi) is 5.91. The zero-order chi connectivity index (χ0) is 27.4. The molecule has 0 aliphatic carbocycles. The summed E-state index contributed by atoms with van der Waals surface area (Å²) in [6.45, 7) is -0.392. The zero-order valence-corrected chi connectivity index (χ0v) is 20.6. The van der Waals surface area contributed by atoms with Crippen LogP contribution >= 0.6 is 23.1 Å². The lowest BCUT2D eigenvalue weighted by Gasteiger charge is -2.52. The molecular weight excluding hydrogens is 542 g/mol. The molecule has 1 fully saturated rings. The van der Waals surface area contributed by atoms with Crippen LogP contribution < -0.4 is 26.5 Å². The molecule has 18 heteroatoms. The highest BCUT2D eigenvalue weighted by Crippen LogP contribution is 2.54. The Balaban J connectivity index is 1.81. The summed E-state index contributed by atoms with van der Waals surface area (Å²) in [6.07, 6.45) is 3.08. The van der Waals surface area contributed by atoms with Crippen LogP contribution in [0.4, 0.5) is 10.9 Å². The highest BCUT2D eigenvalue weighted by Gasteiger charge is 2.56. The quantitative estimate of drug-likeness (QED) is 0.0673. The zero-order valence-electron chi connectivity index (χ0n) is 19.0. The number of carbonyl (C=O) groups excluding carboxylic acids is 3. The number of carboxylic acids is 2. The maximum absolute atomic E-state index is 12.7. The fraction of sp³-hybridized carbons (Fsp3) is 0.200.